The molecule has 3 aromatic heterocycles. The van der Waals surface area contributed by atoms with Crippen LogP contribution in [0.15, 0.2) is 53.8 Å². The zero-order valence-electron chi connectivity index (χ0n) is 15.9. The summed E-state index contributed by atoms with van der Waals surface area (Å²) in [4.78, 5) is 29.6. The standard InChI is InChI=1S/C20H23N7O/c1-16-14-22-15-19(23-16)26-11-8-25(9-12-26)10-13-27-20(28)3-2-18(24-27)17-4-6-21-7-5-17/h2-7,14-15H,8-13H2,1H3. The number of aromatic nitrogens is 5. The first-order valence-corrected chi connectivity index (χ1v) is 9.43. The van der Waals surface area contributed by atoms with Crippen molar-refractivity contribution < 1.29 is 0 Å². The fraction of sp³-hybridized carbons (Fsp3) is 0.350. The Morgan fingerprint density at radius 1 is 0.929 bits per heavy atom. The van der Waals surface area contributed by atoms with Crippen molar-refractivity contribution >= 4 is 5.82 Å². The van der Waals surface area contributed by atoms with Crippen molar-refractivity contribution in [3.05, 3.63) is 65.1 Å². The van der Waals surface area contributed by atoms with Gasteiger partial charge in [-0.25, -0.2) is 9.67 Å². The van der Waals surface area contributed by atoms with Gasteiger partial charge in [0.05, 0.1) is 24.1 Å². The molecule has 0 saturated carbocycles. The molecule has 0 aromatic carbocycles. The van der Waals surface area contributed by atoms with Crippen molar-refractivity contribution in [3.8, 4) is 11.3 Å². The van der Waals surface area contributed by atoms with Crippen molar-refractivity contribution in [2.24, 2.45) is 0 Å². The van der Waals surface area contributed by atoms with E-state index >= 15 is 0 Å². The van der Waals surface area contributed by atoms with E-state index in [1.54, 1.807) is 35.4 Å². The smallest absolute Gasteiger partial charge is 0.266 e. The molecule has 8 heteroatoms. The van der Waals surface area contributed by atoms with Gasteiger partial charge in [-0.3, -0.25) is 19.7 Å². The average molecular weight is 377 g/mol. The second-order valence-electron chi connectivity index (χ2n) is 6.86. The molecule has 0 bridgehead atoms. The van der Waals surface area contributed by atoms with E-state index in [0.29, 0.717) is 6.54 Å². The fourth-order valence-electron chi connectivity index (χ4n) is 3.33. The quantitative estimate of drug-likeness (QED) is 0.661. The highest BCUT2D eigenvalue weighted by atomic mass is 16.1. The molecular weight excluding hydrogens is 354 g/mol. The van der Waals surface area contributed by atoms with Gasteiger partial charge in [-0.1, -0.05) is 0 Å². The zero-order valence-corrected chi connectivity index (χ0v) is 15.9. The first-order valence-electron chi connectivity index (χ1n) is 9.43. The van der Waals surface area contributed by atoms with Crippen LogP contribution in [0.2, 0.25) is 0 Å². The van der Waals surface area contributed by atoms with E-state index in [0.717, 1.165) is 55.5 Å². The molecule has 0 N–H and O–H groups in total. The van der Waals surface area contributed by atoms with Crippen LogP contribution < -0.4 is 10.5 Å². The van der Waals surface area contributed by atoms with E-state index in [1.165, 1.54) is 0 Å². The molecule has 0 aliphatic carbocycles. The molecule has 1 aliphatic heterocycles. The monoisotopic (exact) mass is 377 g/mol. The summed E-state index contributed by atoms with van der Waals surface area (Å²) in [7, 11) is 0. The Hall–Kier alpha value is -3.13. The molecule has 1 fully saturated rings. The molecule has 28 heavy (non-hydrogen) atoms. The Kier molecular flexibility index (Phi) is 5.38. The SMILES string of the molecule is Cc1cncc(N2CCN(CCn3nc(-c4ccncc4)ccc3=O)CC2)n1. The van der Waals surface area contributed by atoms with Crippen LogP contribution in [0, 0.1) is 6.92 Å². The molecule has 4 rings (SSSR count). The minimum Gasteiger partial charge on any atom is -0.353 e. The molecule has 8 nitrogen and oxygen atoms in total. The number of pyridine rings is 1. The summed E-state index contributed by atoms with van der Waals surface area (Å²) in [5.74, 6) is 0.933. The minimum absolute atomic E-state index is 0.0773. The van der Waals surface area contributed by atoms with Gasteiger partial charge in [-0.2, -0.15) is 5.10 Å². The van der Waals surface area contributed by atoms with Crippen molar-refractivity contribution in [2.45, 2.75) is 13.5 Å². The van der Waals surface area contributed by atoms with Crippen LogP contribution in [0.5, 0.6) is 0 Å². The van der Waals surface area contributed by atoms with Crippen LogP contribution in [0.4, 0.5) is 5.82 Å². The van der Waals surface area contributed by atoms with Crippen LogP contribution in [0.3, 0.4) is 0 Å². The molecule has 0 radical (unpaired) electrons. The van der Waals surface area contributed by atoms with E-state index in [4.69, 9.17) is 0 Å². The summed E-state index contributed by atoms with van der Waals surface area (Å²) in [6.07, 6.45) is 7.04. The molecule has 0 spiro atoms. The summed E-state index contributed by atoms with van der Waals surface area (Å²) < 4.78 is 1.55. The number of piperazine rings is 1. The molecule has 0 unspecified atom stereocenters. The highest BCUT2D eigenvalue weighted by molar-refractivity contribution is 5.56. The maximum absolute atomic E-state index is 12.2. The average Bonchev–Trinajstić information content (AvgIpc) is 2.74. The third-order valence-corrected chi connectivity index (χ3v) is 4.91. The molecule has 144 valence electrons. The normalized spacial score (nSPS) is 15.0. The van der Waals surface area contributed by atoms with Gasteiger partial charge in [-0.15, -0.1) is 0 Å². The summed E-state index contributed by atoms with van der Waals surface area (Å²) in [5.41, 5.74) is 2.59. The number of hydrogen-bond donors (Lipinski definition) is 0. The molecule has 0 atom stereocenters. The molecule has 0 amide bonds. The first-order chi connectivity index (χ1) is 13.7. The van der Waals surface area contributed by atoms with Crippen LogP contribution in [-0.2, 0) is 6.54 Å². The lowest BCUT2D eigenvalue weighted by Gasteiger charge is -2.35. The maximum Gasteiger partial charge on any atom is 0.266 e. The van der Waals surface area contributed by atoms with E-state index < -0.39 is 0 Å². The van der Waals surface area contributed by atoms with Gasteiger partial charge in [0.2, 0.25) is 0 Å². The summed E-state index contributed by atoms with van der Waals surface area (Å²) >= 11 is 0. The third kappa shape index (κ3) is 4.23. The summed E-state index contributed by atoms with van der Waals surface area (Å²) in [6.45, 7) is 6.97. The lowest BCUT2D eigenvalue weighted by molar-refractivity contribution is 0.242. The Bertz CT molecular complexity index is 981. The molecule has 4 heterocycles. The maximum atomic E-state index is 12.2. The van der Waals surface area contributed by atoms with Crippen LogP contribution in [0.1, 0.15) is 5.69 Å². The van der Waals surface area contributed by atoms with E-state index in [1.807, 2.05) is 25.3 Å². The predicted octanol–water partition coefficient (Wildman–Crippen LogP) is 1.23. The summed E-state index contributed by atoms with van der Waals surface area (Å²) in [6, 6.07) is 7.13. The summed E-state index contributed by atoms with van der Waals surface area (Å²) in [5, 5.41) is 4.52. The number of nitrogens with zero attached hydrogens (tertiary/aromatic N) is 7. The van der Waals surface area contributed by atoms with Gasteiger partial charge in [0, 0.05) is 62.9 Å². The number of hydrogen-bond acceptors (Lipinski definition) is 7. The van der Waals surface area contributed by atoms with Gasteiger partial charge in [0.1, 0.15) is 5.82 Å². The van der Waals surface area contributed by atoms with Gasteiger partial charge < -0.3 is 4.90 Å². The van der Waals surface area contributed by atoms with Gasteiger partial charge in [-0.05, 0) is 25.1 Å². The van der Waals surface area contributed by atoms with Crippen molar-refractivity contribution in [3.63, 3.8) is 0 Å². The predicted molar refractivity (Wildman–Crippen MR) is 107 cm³/mol. The minimum atomic E-state index is -0.0773. The van der Waals surface area contributed by atoms with Crippen LogP contribution in [-0.4, -0.2) is 62.4 Å². The molecular formula is C20H23N7O. The van der Waals surface area contributed by atoms with Crippen molar-refractivity contribution in [1.29, 1.82) is 0 Å². The Morgan fingerprint density at radius 3 is 2.46 bits per heavy atom. The Morgan fingerprint density at radius 2 is 1.71 bits per heavy atom. The lowest BCUT2D eigenvalue weighted by atomic mass is 10.2. The second-order valence-corrected chi connectivity index (χ2v) is 6.86. The Balaban J connectivity index is 1.36. The number of aryl methyl sites for hydroxylation is 1. The van der Waals surface area contributed by atoms with Gasteiger partial charge >= 0.3 is 0 Å². The second kappa shape index (κ2) is 8.26. The van der Waals surface area contributed by atoms with Gasteiger partial charge in [0.25, 0.3) is 5.56 Å². The van der Waals surface area contributed by atoms with Crippen LogP contribution in [0.25, 0.3) is 11.3 Å². The fourth-order valence-corrected chi connectivity index (χ4v) is 3.33. The number of rotatable bonds is 5. The Labute approximate surface area is 163 Å². The molecule has 3 aromatic rings. The third-order valence-electron chi connectivity index (χ3n) is 4.91. The van der Waals surface area contributed by atoms with Crippen LogP contribution >= 0.6 is 0 Å². The topological polar surface area (TPSA) is 80.0 Å². The van der Waals surface area contributed by atoms with Crippen molar-refractivity contribution in [2.75, 3.05) is 37.6 Å². The number of anilines is 1. The molecule has 1 aliphatic rings. The largest absolute Gasteiger partial charge is 0.353 e. The molecule has 1 saturated heterocycles. The lowest BCUT2D eigenvalue weighted by Crippen LogP contribution is -2.48. The van der Waals surface area contributed by atoms with E-state index in [2.05, 4.69) is 29.9 Å². The van der Waals surface area contributed by atoms with Crippen molar-refractivity contribution in [1.82, 2.24) is 29.6 Å². The van der Waals surface area contributed by atoms with Gasteiger partial charge in [0.15, 0.2) is 0 Å². The first kappa shape index (κ1) is 18.2. The zero-order chi connectivity index (χ0) is 19.3. The van der Waals surface area contributed by atoms with E-state index in [9.17, 15) is 4.79 Å². The highest BCUT2D eigenvalue weighted by Gasteiger charge is 2.18. The van der Waals surface area contributed by atoms with E-state index in [-0.39, 0.29) is 5.56 Å². The highest BCUT2D eigenvalue weighted by Crippen LogP contribution is 2.14.